The number of aryl methyl sites for hydroxylation is 1. The Morgan fingerprint density at radius 1 is 1.46 bits per heavy atom. The van der Waals surface area contributed by atoms with Gasteiger partial charge < -0.3 is 9.47 Å². The number of benzene rings is 1. The number of hydrogen-bond donors (Lipinski definition) is 1. The summed E-state index contributed by atoms with van der Waals surface area (Å²) >= 11 is 5.99. The predicted octanol–water partition coefficient (Wildman–Crippen LogP) is 2.59. The van der Waals surface area contributed by atoms with E-state index in [2.05, 4.69) is 15.5 Å². The van der Waals surface area contributed by atoms with E-state index in [9.17, 15) is 10.1 Å². The Kier molecular flexibility index (Phi) is 7.09. The Hall–Kier alpha value is -2.95. The van der Waals surface area contributed by atoms with Gasteiger partial charge in [-0.15, -0.1) is 0 Å². The van der Waals surface area contributed by atoms with Crippen molar-refractivity contribution in [3.05, 3.63) is 57.7 Å². The molecule has 7 nitrogen and oxygen atoms in total. The summed E-state index contributed by atoms with van der Waals surface area (Å²) in [5, 5.41) is 13.7. The molecule has 8 heteroatoms. The van der Waals surface area contributed by atoms with Gasteiger partial charge in [0.1, 0.15) is 11.6 Å². The Morgan fingerprint density at radius 3 is 2.92 bits per heavy atom. The molecule has 1 N–H and O–H groups in total. The summed E-state index contributed by atoms with van der Waals surface area (Å²) in [6, 6.07) is 10.9. The molecule has 0 aliphatic heterocycles. The summed E-state index contributed by atoms with van der Waals surface area (Å²) in [7, 11) is 1.53. The summed E-state index contributed by atoms with van der Waals surface area (Å²) in [6.07, 6.45) is 1.43. The number of halogens is 1. The van der Waals surface area contributed by atoms with Gasteiger partial charge in [0.15, 0.2) is 6.61 Å². The minimum atomic E-state index is -0.492. The van der Waals surface area contributed by atoms with Gasteiger partial charge in [-0.25, -0.2) is 10.4 Å². The molecule has 0 fully saturated rings. The molecule has 1 amide bonds. The van der Waals surface area contributed by atoms with E-state index in [1.807, 2.05) is 12.1 Å². The molecule has 0 radical (unpaired) electrons. The van der Waals surface area contributed by atoms with Gasteiger partial charge in [-0.1, -0.05) is 29.8 Å². The lowest BCUT2D eigenvalue weighted by Crippen LogP contribution is -2.25. The maximum atomic E-state index is 11.9. The summed E-state index contributed by atoms with van der Waals surface area (Å²) in [4.78, 5) is 16.0. The molecule has 0 spiro atoms. The molecule has 2 rings (SSSR count). The lowest BCUT2D eigenvalue weighted by molar-refractivity contribution is -0.123. The Bertz CT molecular complexity index is 862. The normalized spacial score (nSPS) is 10.5. The van der Waals surface area contributed by atoms with E-state index >= 15 is 0 Å². The van der Waals surface area contributed by atoms with Crippen molar-refractivity contribution in [2.24, 2.45) is 5.10 Å². The number of methoxy groups -OCH3 is 1. The maximum absolute atomic E-state index is 11.9. The van der Waals surface area contributed by atoms with E-state index in [0.29, 0.717) is 21.8 Å². The molecule has 26 heavy (non-hydrogen) atoms. The van der Waals surface area contributed by atoms with Crippen LogP contribution in [-0.4, -0.2) is 30.8 Å². The number of aromatic nitrogens is 1. The molecule has 0 aliphatic rings. The van der Waals surface area contributed by atoms with Crippen LogP contribution in [0.5, 0.6) is 5.88 Å². The van der Waals surface area contributed by atoms with E-state index in [0.717, 1.165) is 0 Å². The van der Waals surface area contributed by atoms with Crippen LogP contribution < -0.4 is 10.2 Å². The first kappa shape index (κ1) is 19.4. The molecule has 0 unspecified atom stereocenters. The Morgan fingerprint density at radius 2 is 2.23 bits per heavy atom. The summed E-state index contributed by atoms with van der Waals surface area (Å²) in [5.74, 6) is -0.404. The van der Waals surface area contributed by atoms with Gasteiger partial charge in [-0.05, 0) is 19.1 Å². The number of hydrogen-bond acceptors (Lipinski definition) is 6. The topological polar surface area (TPSA) is 96.6 Å². The van der Waals surface area contributed by atoms with Crippen molar-refractivity contribution in [1.82, 2.24) is 10.4 Å². The fourth-order valence-corrected chi connectivity index (χ4v) is 2.31. The van der Waals surface area contributed by atoms with E-state index < -0.39 is 5.91 Å². The summed E-state index contributed by atoms with van der Waals surface area (Å²) in [6.45, 7) is 1.68. The minimum absolute atomic E-state index is 0.0878. The first-order chi connectivity index (χ1) is 12.5. The number of nitrogens with zero attached hydrogens (tertiary/aromatic N) is 3. The van der Waals surface area contributed by atoms with E-state index in [-0.39, 0.29) is 24.7 Å². The third-order valence-corrected chi connectivity index (χ3v) is 3.59. The van der Waals surface area contributed by atoms with Crippen LogP contribution in [0, 0.1) is 18.3 Å². The van der Waals surface area contributed by atoms with Crippen LogP contribution >= 0.6 is 11.6 Å². The van der Waals surface area contributed by atoms with Crippen molar-refractivity contribution in [3.8, 4) is 11.9 Å². The van der Waals surface area contributed by atoms with Crippen LogP contribution in [0.3, 0.4) is 0 Å². The number of nitrogens with one attached hydrogen (secondary N) is 1. The van der Waals surface area contributed by atoms with E-state index in [4.69, 9.17) is 21.1 Å². The van der Waals surface area contributed by atoms with Crippen molar-refractivity contribution >= 4 is 23.7 Å². The number of rotatable bonds is 7. The molecule has 1 aromatic carbocycles. The van der Waals surface area contributed by atoms with Gasteiger partial charge in [0.25, 0.3) is 5.91 Å². The second-order valence-corrected chi connectivity index (χ2v) is 5.66. The molecule has 134 valence electrons. The molecule has 1 heterocycles. The maximum Gasteiger partial charge on any atom is 0.278 e. The smallest absolute Gasteiger partial charge is 0.278 e. The van der Waals surface area contributed by atoms with Gasteiger partial charge in [0.05, 0.1) is 12.8 Å². The predicted molar refractivity (Wildman–Crippen MR) is 97.1 cm³/mol. The van der Waals surface area contributed by atoms with Gasteiger partial charge >= 0.3 is 0 Å². The first-order valence-corrected chi connectivity index (χ1v) is 8.01. The lowest BCUT2D eigenvalue weighted by atomic mass is 10.1. The zero-order chi connectivity index (χ0) is 18.9. The zero-order valence-electron chi connectivity index (χ0n) is 14.3. The molecule has 0 atom stereocenters. The van der Waals surface area contributed by atoms with Gasteiger partial charge in [0.2, 0.25) is 5.88 Å². The second-order valence-electron chi connectivity index (χ2n) is 5.25. The second kappa shape index (κ2) is 9.51. The van der Waals surface area contributed by atoms with Crippen molar-refractivity contribution in [2.75, 3.05) is 13.7 Å². The van der Waals surface area contributed by atoms with Crippen molar-refractivity contribution < 1.29 is 14.3 Å². The molecule has 0 saturated heterocycles. The molecular formula is C18H17ClN4O3. The van der Waals surface area contributed by atoms with Crippen molar-refractivity contribution in [3.63, 3.8) is 0 Å². The lowest BCUT2D eigenvalue weighted by Gasteiger charge is -2.10. The number of carbonyl (C=O) groups excluding carboxylic acids is 1. The first-order valence-electron chi connectivity index (χ1n) is 7.64. The van der Waals surface area contributed by atoms with Crippen LogP contribution in [0.25, 0.3) is 0 Å². The van der Waals surface area contributed by atoms with Gasteiger partial charge in [0, 0.05) is 29.0 Å². The average molecular weight is 373 g/mol. The van der Waals surface area contributed by atoms with Crippen LogP contribution in [0.15, 0.2) is 35.4 Å². The largest absolute Gasteiger partial charge is 0.467 e. The highest BCUT2D eigenvalue weighted by atomic mass is 35.5. The standard InChI is InChI=1S/C18H17ClN4O3/c1-12-7-14(10-25-2)15(8-20)18(22-12)26-11-17(24)23-21-9-13-5-3-4-6-16(13)19/h3-7,9H,10-11H2,1-2H3,(H,23,24). The highest BCUT2D eigenvalue weighted by Crippen LogP contribution is 2.21. The Labute approximate surface area is 156 Å². The third kappa shape index (κ3) is 5.28. The van der Waals surface area contributed by atoms with Crippen LogP contribution in [0.1, 0.15) is 22.4 Å². The summed E-state index contributed by atoms with van der Waals surface area (Å²) in [5.41, 5.74) is 4.55. The molecule has 0 bridgehead atoms. The minimum Gasteiger partial charge on any atom is -0.467 e. The highest BCUT2D eigenvalue weighted by Gasteiger charge is 2.14. The number of nitriles is 1. The molecule has 0 saturated carbocycles. The van der Waals surface area contributed by atoms with Crippen LogP contribution in [0.2, 0.25) is 5.02 Å². The van der Waals surface area contributed by atoms with Crippen molar-refractivity contribution in [2.45, 2.75) is 13.5 Å². The van der Waals surface area contributed by atoms with Crippen LogP contribution in [0.4, 0.5) is 0 Å². The number of ether oxygens (including phenoxy) is 2. The SMILES string of the molecule is COCc1cc(C)nc(OCC(=O)NN=Cc2ccccc2Cl)c1C#N. The fraction of sp³-hybridized carbons (Fsp3) is 0.222. The monoisotopic (exact) mass is 372 g/mol. The quantitative estimate of drug-likeness (QED) is 0.595. The molecule has 0 aliphatic carbocycles. The average Bonchev–Trinajstić information content (AvgIpc) is 2.61. The van der Waals surface area contributed by atoms with E-state index in [1.54, 1.807) is 31.2 Å². The number of hydrazone groups is 1. The number of carbonyl (C=O) groups is 1. The molecule has 2 aromatic rings. The number of pyridine rings is 1. The van der Waals surface area contributed by atoms with Gasteiger partial charge in [-0.2, -0.15) is 10.4 Å². The Balaban J connectivity index is 1.99. The molecule has 1 aromatic heterocycles. The number of amides is 1. The summed E-state index contributed by atoms with van der Waals surface area (Å²) < 4.78 is 10.5. The van der Waals surface area contributed by atoms with Gasteiger partial charge in [-0.3, -0.25) is 4.79 Å². The van der Waals surface area contributed by atoms with Crippen LogP contribution in [-0.2, 0) is 16.1 Å². The molecular weight excluding hydrogens is 356 g/mol. The van der Waals surface area contributed by atoms with Crippen molar-refractivity contribution in [1.29, 1.82) is 5.26 Å². The highest BCUT2D eigenvalue weighted by molar-refractivity contribution is 6.33. The zero-order valence-corrected chi connectivity index (χ0v) is 15.1. The fourth-order valence-electron chi connectivity index (χ4n) is 2.12. The van der Waals surface area contributed by atoms with E-state index in [1.165, 1.54) is 13.3 Å². The third-order valence-electron chi connectivity index (χ3n) is 3.25.